The van der Waals surface area contributed by atoms with E-state index in [0.717, 1.165) is 11.1 Å². The molecule has 104 valence electrons. The minimum absolute atomic E-state index is 0.188. The molecule has 0 bridgehead atoms. The fourth-order valence-electron chi connectivity index (χ4n) is 2.98. The van der Waals surface area contributed by atoms with E-state index >= 15 is 0 Å². The van der Waals surface area contributed by atoms with Crippen LogP contribution in [0, 0.1) is 5.82 Å². The average Bonchev–Trinajstić information content (AvgIpc) is 2.49. The van der Waals surface area contributed by atoms with Gasteiger partial charge in [0.25, 0.3) is 0 Å². The summed E-state index contributed by atoms with van der Waals surface area (Å²) in [6.07, 6.45) is 2.49. The van der Waals surface area contributed by atoms with E-state index in [2.05, 4.69) is 24.3 Å². The van der Waals surface area contributed by atoms with E-state index in [0.29, 0.717) is 5.92 Å². The standard InChI is InChI=1S/C17H18ClFSi/c18-20-11-9-16(10-12-20)14-3-1-13(2-4-14)15-5-7-17(19)8-6-15/h1-8,16,20H,9-12H2. The summed E-state index contributed by atoms with van der Waals surface area (Å²) in [6, 6.07) is 17.9. The molecule has 0 radical (unpaired) electrons. The molecule has 1 heterocycles. The predicted octanol–water partition coefficient (Wildman–Crippen LogP) is 5.33. The molecular weight excluding hydrogens is 287 g/mol. The van der Waals surface area contributed by atoms with Crippen LogP contribution in [0.5, 0.6) is 0 Å². The molecule has 1 aliphatic rings. The molecule has 2 aromatic carbocycles. The highest BCUT2D eigenvalue weighted by Gasteiger charge is 2.21. The van der Waals surface area contributed by atoms with Gasteiger partial charge in [0.05, 0.1) is 0 Å². The van der Waals surface area contributed by atoms with Crippen LogP contribution in [0.3, 0.4) is 0 Å². The molecule has 20 heavy (non-hydrogen) atoms. The zero-order valence-corrected chi connectivity index (χ0v) is 13.3. The van der Waals surface area contributed by atoms with E-state index in [4.69, 9.17) is 11.1 Å². The van der Waals surface area contributed by atoms with Gasteiger partial charge in [0.15, 0.2) is 0 Å². The highest BCUT2D eigenvalue weighted by molar-refractivity contribution is 7.07. The first-order chi connectivity index (χ1) is 9.72. The lowest BCUT2D eigenvalue weighted by Gasteiger charge is -2.24. The van der Waals surface area contributed by atoms with Gasteiger partial charge in [-0.1, -0.05) is 36.4 Å². The van der Waals surface area contributed by atoms with Crippen molar-refractivity contribution >= 4 is 19.2 Å². The van der Waals surface area contributed by atoms with Crippen LogP contribution >= 0.6 is 11.1 Å². The number of rotatable bonds is 2. The lowest BCUT2D eigenvalue weighted by atomic mass is 9.92. The molecule has 1 saturated heterocycles. The third-order valence-corrected chi connectivity index (χ3v) is 7.45. The van der Waals surface area contributed by atoms with Crippen molar-refractivity contribution in [1.29, 1.82) is 0 Å². The summed E-state index contributed by atoms with van der Waals surface area (Å²) in [5, 5.41) is 0. The maximum Gasteiger partial charge on any atom is 0.141 e. The van der Waals surface area contributed by atoms with Crippen molar-refractivity contribution in [2.45, 2.75) is 30.8 Å². The van der Waals surface area contributed by atoms with Gasteiger partial charge in [0, 0.05) is 0 Å². The monoisotopic (exact) mass is 304 g/mol. The van der Waals surface area contributed by atoms with Crippen molar-refractivity contribution in [3.05, 3.63) is 59.9 Å². The van der Waals surface area contributed by atoms with Crippen molar-refractivity contribution in [2.75, 3.05) is 0 Å². The van der Waals surface area contributed by atoms with Crippen LogP contribution in [-0.2, 0) is 0 Å². The number of hydrogen-bond acceptors (Lipinski definition) is 0. The second kappa shape index (κ2) is 6.11. The maximum absolute atomic E-state index is 12.9. The Hall–Kier alpha value is -1.12. The van der Waals surface area contributed by atoms with Crippen molar-refractivity contribution in [3.63, 3.8) is 0 Å². The highest BCUT2D eigenvalue weighted by atomic mass is 35.6. The van der Waals surface area contributed by atoms with Gasteiger partial charge in [-0.05, 0) is 59.7 Å². The van der Waals surface area contributed by atoms with Crippen LogP contribution in [0.15, 0.2) is 48.5 Å². The minimum atomic E-state index is -0.884. The number of hydrogen-bond donors (Lipinski definition) is 0. The van der Waals surface area contributed by atoms with E-state index in [1.54, 1.807) is 0 Å². The zero-order chi connectivity index (χ0) is 13.9. The van der Waals surface area contributed by atoms with E-state index in [-0.39, 0.29) is 5.82 Å². The van der Waals surface area contributed by atoms with Gasteiger partial charge in [-0.2, -0.15) is 11.1 Å². The molecule has 2 aromatic rings. The molecule has 1 aliphatic heterocycles. The summed E-state index contributed by atoms with van der Waals surface area (Å²) in [5.41, 5.74) is 3.64. The second-order valence-corrected chi connectivity index (χ2v) is 9.78. The fraction of sp³-hybridized carbons (Fsp3) is 0.294. The molecular formula is C17H18ClFSi. The first-order valence-electron chi connectivity index (χ1n) is 7.22. The lowest BCUT2D eigenvalue weighted by molar-refractivity contribution is 0.613. The molecule has 0 unspecified atom stereocenters. The van der Waals surface area contributed by atoms with Gasteiger partial charge in [-0.25, -0.2) is 4.39 Å². The Morgan fingerprint density at radius 1 is 0.850 bits per heavy atom. The van der Waals surface area contributed by atoms with Gasteiger partial charge in [-0.3, -0.25) is 0 Å². The van der Waals surface area contributed by atoms with E-state index in [9.17, 15) is 4.39 Å². The van der Waals surface area contributed by atoms with Crippen LogP contribution in [0.25, 0.3) is 11.1 Å². The number of halogens is 2. The van der Waals surface area contributed by atoms with Gasteiger partial charge in [0.1, 0.15) is 13.9 Å². The summed E-state index contributed by atoms with van der Waals surface area (Å²) in [5.74, 6) is 0.493. The molecule has 0 aliphatic carbocycles. The third-order valence-electron chi connectivity index (χ3n) is 4.22. The molecule has 0 atom stereocenters. The minimum Gasteiger partial charge on any atom is -0.207 e. The van der Waals surface area contributed by atoms with Crippen LogP contribution in [0.4, 0.5) is 4.39 Å². The first-order valence-corrected chi connectivity index (χ1v) is 10.6. The number of benzene rings is 2. The van der Waals surface area contributed by atoms with Crippen molar-refractivity contribution in [3.8, 4) is 11.1 Å². The summed E-state index contributed by atoms with van der Waals surface area (Å²) >= 11 is 6.30. The molecule has 0 spiro atoms. The second-order valence-electron chi connectivity index (χ2n) is 5.58. The molecule has 1 fully saturated rings. The SMILES string of the molecule is Fc1ccc(-c2ccc(C3CC[SiH](Cl)CC3)cc2)cc1. The maximum atomic E-state index is 12.9. The third kappa shape index (κ3) is 3.13. The molecule has 0 N–H and O–H groups in total. The van der Waals surface area contributed by atoms with Gasteiger partial charge >= 0.3 is 0 Å². The molecule has 0 saturated carbocycles. The summed E-state index contributed by atoms with van der Waals surface area (Å²) in [6.45, 7) is 0. The van der Waals surface area contributed by atoms with Crippen molar-refractivity contribution < 1.29 is 4.39 Å². The fourth-order valence-corrected chi connectivity index (χ4v) is 5.55. The normalized spacial score (nSPS) is 22.7. The Labute approximate surface area is 125 Å². The smallest absolute Gasteiger partial charge is 0.141 e. The predicted molar refractivity (Wildman–Crippen MR) is 86.4 cm³/mol. The van der Waals surface area contributed by atoms with Gasteiger partial charge < -0.3 is 0 Å². The Bertz CT molecular complexity index is 557. The Kier molecular flexibility index (Phi) is 4.23. The van der Waals surface area contributed by atoms with Crippen molar-refractivity contribution in [2.24, 2.45) is 0 Å². The summed E-state index contributed by atoms with van der Waals surface area (Å²) in [7, 11) is -0.884. The Morgan fingerprint density at radius 2 is 1.35 bits per heavy atom. The molecule has 3 rings (SSSR count). The van der Waals surface area contributed by atoms with Crippen LogP contribution in [0.1, 0.15) is 24.3 Å². The lowest BCUT2D eigenvalue weighted by Crippen LogP contribution is -2.14. The van der Waals surface area contributed by atoms with Crippen LogP contribution in [-0.4, -0.2) is 8.11 Å². The molecule has 0 nitrogen and oxygen atoms in total. The first kappa shape index (κ1) is 13.8. The van der Waals surface area contributed by atoms with Crippen LogP contribution in [0.2, 0.25) is 12.1 Å². The Balaban J connectivity index is 1.76. The average molecular weight is 305 g/mol. The molecule has 0 aromatic heterocycles. The zero-order valence-electron chi connectivity index (χ0n) is 11.4. The van der Waals surface area contributed by atoms with Crippen LogP contribution < -0.4 is 0 Å². The summed E-state index contributed by atoms with van der Waals surface area (Å²) in [4.78, 5) is 0. The molecule has 0 amide bonds. The summed E-state index contributed by atoms with van der Waals surface area (Å²) < 4.78 is 12.9. The van der Waals surface area contributed by atoms with Gasteiger partial charge in [-0.15, -0.1) is 0 Å². The molecule has 3 heteroatoms. The van der Waals surface area contributed by atoms with Gasteiger partial charge in [0.2, 0.25) is 0 Å². The van der Waals surface area contributed by atoms with E-state index in [1.165, 1.54) is 42.6 Å². The highest BCUT2D eigenvalue weighted by Crippen LogP contribution is 2.35. The van der Waals surface area contributed by atoms with E-state index < -0.39 is 8.11 Å². The largest absolute Gasteiger partial charge is 0.207 e. The van der Waals surface area contributed by atoms with E-state index in [1.807, 2.05) is 12.1 Å². The van der Waals surface area contributed by atoms with Crippen molar-refractivity contribution in [1.82, 2.24) is 0 Å². The quantitative estimate of drug-likeness (QED) is 0.519. The Morgan fingerprint density at radius 3 is 1.90 bits per heavy atom. The topological polar surface area (TPSA) is 0 Å².